The highest BCUT2D eigenvalue weighted by Crippen LogP contribution is 1.99. The third-order valence-electron chi connectivity index (χ3n) is 1.33. The fourth-order valence-electron chi connectivity index (χ4n) is 0.773. The van der Waals surface area contributed by atoms with Crippen LogP contribution in [0.5, 0.6) is 0 Å². The highest BCUT2D eigenvalue weighted by Gasteiger charge is 2.04. The normalized spacial score (nSPS) is 10.0. The van der Waals surface area contributed by atoms with E-state index in [1.54, 1.807) is 0 Å². The number of nitrogens with one attached hydrogen (secondary N) is 1. The Balaban J connectivity index is 2.54. The van der Waals surface area contributed by atoms with Gasteiger partial charge in [-0.05, 0) is 15.9 Å². The maximum absolute atomic E-state index is 11.0. The number of carbonyl (C=O) groups excluding carboxylic acids is 1. The first-order chi connectivity index (χ1) is 6.11. The summed E-state index contributed by atoms with van der Waals surface area (Å²) in [6, 6.07) is 0. The van der Waals surface area contributed by atoms with Crippen LogP contribution in [0.2, 0.25) is 0 Å². The van der Waals surface area contributed by atoms with Crippen LogP contribution in [0, 0.1) is 0 Å². The van der Waals surface area contributed by atoms with E-state index in [4.69, 9.17) is 0 Å². The molecule has 1 heterocycles. The number of ether oxygens (including phenoxy) is 1. The van der Waals surface area contributed by atoms with Gasteiger partial charge in [-0.3, -0.25) is 9.36 Å². The van der Waals surface area contributed by atoms with E-state index >= 15 is 0 Å². The van der Waals surface area contributed by atoms with E-state index in [1.807, 2.05) is 0 Å². The lowest BCUT2D eigenvalue weighted by Gasteiger charge is -2.01. The molecule has 6 nitrogen and oxygen atoms in total. The van der Waals surface area contributed by atoms with Gasteiger partial charge < -0.3 is 4.74 Å². The van der Waals surface area contributed by atoms with Crippen molar-refractivity contribution in [2.75, 3.05) is 6.61 Å². The van der Waals surface area contributed by atoms with Gasteiger partial charge in [0.05, 0.1) is 6.54 Å². The topological polar surface area (TPSA) is 77.0 Å². The number of carbonyl (C=O) groups is 1. The molecule has 1 aromatic rings. The van der Waals surface area contributed by atoms with Gasteiger partial charge in [-0.2, -0.15) is 0 Å². The Morgan fingerprint density at radius 2 is 2.46 bits per heavy atom. The summed E-state index contributed by atoms with van der Waals surface area (Å²) in [4.78, 5) is 21.4. The predicted octanol–water partition coefficient (Wildman–Crippen LogP) is -0.103. The molecule has 0 atom stereocenters. The number of nitrogens with zero attached hydrogens (tertiary/aromatic N) is 2. The second-order valence-electron chi connectivity index (χ2n) is 2.29. The largest absolute Gasteiger partial charge is 0.464 e. The molecule has 0 aliphatic carbocycles. The van der Waals surface area contributed by atoms with Crippen LogP contribution >= 0.6 is 15.9 Å². The molecule has 1 aromatic heterocycles. The third-order valence-corrected chi connectivity index (χ3v) is 1.94. The summed E-state index contributed by atoms with van der Waals surface area (Å²) in [5.41, 5.74) is -0.334. The molecule has 1 N–H and O–H groups in total. The van der Waals surface area contributed by atoms with Crippen LogP contribution in [0.1, 0.15) is 6.92 Å². The molecule has 0 saturated carbocycles. The van der Waals surface area contributed by atoms with Gasteiger partial charge >= 0.3 is 11.7 Å². The molecule has 0 spiro atoms. The summed E-state index contributed by atoms with van der Waals surface area (Å²) < 4.78 is 6.38. The molecule has 0 saturated heterocycles. The molecule has 7 heteroatoms. The lowest BCUT2D eigenvalue weighted by Crippen LogP contribution is -2.20. The van der Waals surface area contributed by atoms with Gasteiger partial charge in [0.2, 0.25) is 4.73 Å². The van der Waals surface area contributed by atoms with E-state index in [9.17, 15) is 9.59 Å². The Morgan fingerprint density at radius 1 is 1.77 bits per heavy atom. The quantitative estimate of drug-likeness (QED) is 0.759. The monoisotopic (exact) mass is 249 g/mol. The molecule has 0 unspecified atom stereocenters. The lowest BCUT2D eigenvalue weighted by molar-refractivity contribution is -0.141. The fourth-order valence-corrected chi connectivity index (χ4v) is 1.20. The Labute approximate surface area is 82.0 Å². The lowest BCUT2D eigenvalue weighted by atomic mass is 10.6. The van der Waals surface area contributed by atoms with Crippen molar-refractivity contribution >= 4 is 21.9 Å². The molecular weight excluding hydrogens is 242 g/mol. The number of hydrogen-bond donors (Lipinski definition) is 1. The minimum atomic E-state index is -0.368. The van der Waals surface area contributed by atoms with Crippen molar-refractivity contribution in [3.8, 4) is 0 Å². The minimum absolute atomic E-state index is 0.160. The van der Waals surface area contributed by atoms with Gasteiger partial charge in [0.1, 0.15) is 6.61 Å². The van der Waals surface area contributed by atoms with E-state index in [1.165, 1.54) is 11.5 Å². The summed E-state index contributed by atoms with van der Waals surface area (Å²) in [6.45, 7) is 1.76. The first-order valence-corrected chi connectivity index (χ1v) is 4.34. The Bertz CT molecular complexity index is 356. The first-order valence-electron chi connectivity index (χ1n) is 3.55. The molecule has 0 fully saturated rings. The molecule has 0 radical (unpaired) electrons. The van der Waals surface area contributed by atoms with Crippen molar-refractivity contribution in [3.63, 3.8) is 0 Å². The molecule has 0 aliphatic heterocycles. The van der Waals surface area contributed by atoms with E-state index in [-0.39, 0.29) is 24.8 Å². The number of hydrogen-bond acceptors (Lipinski definition) is 4. The molecule has 0 aromatic carbocycles. The Kier molecular flexibility index (Phi) is 3.24. The van der Waals surface area contributed by atoms with Crippen molar-refractivity contribution in [1.82, 2.24) is 14.8 Å². The summed E-state index contributed by atoms with van der Waals surface area (Å²) in [5, 5.41) is 5.86. The van der Waals surface area contributed by atoms with Crippen LogP contribution in [0.4, 0.5) is 0 Å². The van der Waals surface area contributed by atoms with Gasteiger partial charge in [-0.25, -0.2) is 9.89 Å². The average molecular weight is 250 g/mol. The van der Waals surface area contributed by atoms with Gasteiger partial charge in [0.15, 0.2) is 0 Å². The van der Waals surface area contributed by atoms with E-state index in [0.717, 1.165) is 0 Å². The van der Waals surface area contributed by atoms with Crippen molar-refractivity contribution in [2.24, 2.45) is 0 Å². The van der Waals surface area contributed by atoms with Crippen LogP contribution in [0.15, 0.2) is 9.53 Å². The van der Waals surface area contributed by atoms with Crippen LogP contribution in [0.25, 0.3) is 0 Å². The number of halogens is 1. The number of H-pyrrole nitrogens is 1. The van der Waals surface area contributed by atoms with Crippen molar-refractivity contribution in [3.05, 3.63) is 15.2 Å². The van der Waals surface area contributed by atoms with Gasteiger partial charge in [-0.1, -0.05) is 0 Å². The SMILES string of the molecule is CC(=O)OCCn1c(Br)n[nH]c1=O. The summed E-state index contributed by atoms with van der Waals surface area (Å²) in [6.07, 6.45) is 0. The highest BCUT2D eigenvalue weighted by molar-refractivity contribution is 9.10. The first kappa shape index (κ1) is 9.97. The number of aromatic nitrogens is 3. The number of rotatable bonds is 3. The minimum Gasteiger partial charge on any atom is -0.464 e. The molecule has 1 rings (SSSR count). The standard InChI is InChI=1S/C6H8BrN3O3/c1-4(11)13-3-2-10-5(7)8-9-6(10)12/h2-3H2,1H3,(H,9,12). The van der Waals surface area contributed by atoms with Gasteiger partial charge in [-0.15, -0.1) is 5.10 Å². The average Bonchev–Trinajstić information content (AvgIpc) is 2.34. The highest BCUT2D eigenvalue weighted by atomic mass is 79.9. The van der Waals surface area contributed by atoms with E-state index in [0.29, 0.717) is 4.73 Å². The van der Waals surface area contributed by atoms with Crippen molar-refractivity contribution < 1.29 is 9.53 Å². The second-order valence-corrected chi connectivity index (χ2v) is 3.00. The maximum Gasteiger partial charge on any atom is 0.344 e. The van der Waals surface area contributed by atoms with Crippen LogP contribution in [0.3, 0.4) is 0 Å². The fraction of sp³-hybridized carbons (Fsp3) is 0.500. The smallest absolute Gasteiger partial charge is 0.344 e. The van der Waals surface area contributed by atoms with Gasteiger partial charge in [0, 0.05) is 6.92 Å². The molecular formula is C6H8BrN3O3. The van der Waals surface area contributed by atoms with Crippen molar-refractivity contribution in [2.45, 2.75) is 13.5 Å². The second kappa shape index (κ2) is 4.22. The van der Waals surface area contributed by atoms with Crippen LogP contribution in [-0.4, -0.2) is 27.3 Å². The van der Waals surface area contributed by atoms with Crippen LogP contribution in [-0.2, 0) is 16.1 Å². The zero-order valence-electron chi connectivity index (χ0n) is 6.91. The zero-order valence-corrected chi connectivity index (χ0v) is 8.50. The molecule has 72 valence electrons. The number of aromatic amines is 1. The van der Waals surface area contributed by atoms with Gasteiger partial charge in [0.25, 0.3) is 0 Å². The Hall–Kier alpha value is -1.11. The molecule has 0 amide bonds. The van der Waals surface area contributed by atoms with Crippen molar-refractivity contribution in [1.29, 1.82) is 0 Å². The third kappa shape index (κ3) is 2.69. The Morgan fingerprint density at radius 3 is 2.92 bits per heavy atom. The summed E-state index contributed by atoms with van der Waals surface area (Å²) in [7, 11) is 0. The predicted molar refractivity (Wildman–Crippen MR) is 47.2 cm³/mol. The number of esters is 1. The van der Waals surface area contributed by atoms with E-state index in [2.05, 4.69) is 30.9 Å². The molecule has 13 heavy (non-hydrogen) atoms. The summed E-state index contributed by atoms with van der Waals surface area (Å²) >= 11 is 3.06. The molecule has 0 aliphatic rings. The summed E-state index contributed by atoms with van der Waals surface area (Å²) in [5.74, 6) is -0.368. The van der Waals surface area contributed by atoms with E-state index < -0.39 is 0 Å². The van der Waals surface area contributed by atoms with Crippen LogP contribution < -0.4 is 5.69 Å². The maximum atomic E-state index is 11.0. The molecule has 0 bridgehead atoms. The zero-order chi connectivity index (χ0) is 9.84.